The highest BCUT2D eigenvalue weighted by Gasteiger charge is 2.17. The van der Waals surface area contributed by atoms with Gasteiger partial charge in [0.25, 0.3) is 5.89 Å². The average Bonchev–Trinajstić information content (AvgIpc) is 3.22. The molecule has 0 spiro atoms. The van der Waals surface area contributed by atoms with E-state index in [0.717, 1.165) is 0 Å². The maximum Gasteiger partial charge on any atom is 0.310 e. The van der Waals surface area contributed by atoms with Crippen LogP contribution in [0.5, 0.6) is 17.2 Å². The van der Waals surface area contributed by atoms with Gasteiger partial charge >= 0.3 is 5.97 Å². The van der Waals surface area contributed by atoms with E-state index >= 15 is 0 Å². The Balaban J connectivity index is 1.64. The van der Waals surface area contributed by atoms with E-state index in [-0.39, 0.29) is 30.6 Å². The second kappa shape index (κ2) is 9.25. The Labute approximate surface area is 172 Å². The molecule has 1 aromatic heterocycles. The van der Waals surface area contributed by atoms with Crippen molar-refractivity contribution in [2.24, 2.45) is 0 Å². The summed E-state index contributed by atoms with van der Waals surface area (Å²) >= 11 is 0. The Morgan fingerprint density at radius 2 is 1.77 bits per heavy atom. The molecular weight excluding hydrogens is 395 g/mol. The third-order valence-electron chi connectivity index (χ3n) is 4.33. The van der Waals surface area contributed by atoms with Crippen molar-refractivity contribution in [2.75, 3.05) is 21.3 Å². The number of ether oxygens (including phenoxy) is 4. The standard InChI is InChI=1S/C21H21FN2O6/c1-12-5-6-14(10-15(12)22)21-23-18(30-24-21)11-29-19(25)9-13-7-16(26-2)20(28-4)17(8-13)27-3/h5-8,10H,9,11H2,1-4H3. The minimum absolute atomic E-state index is 0.0269. The maximum absolute atomic E-state index is 13.7. The van der Waals surface area contributed by atoms with Crippen molar-refractivity contribution in [1.29, 1.82) is 0 Å². The third kappa shape index (κ3) is 4.68. The summed E-state index contributed by atoms with van der Waals surface area (Å²) in [7, 11) is 4.48. The fourth-order valence-electron chi connectivity index (χ4n) is 2.76. The molecule has 0 aliphatic carbocycles. The largest absolute Gasteiger partial charge is 0.493 e. The Hall–Kier alpha value is -3.62. The van der Waals surface area contributed by atoms with Crippen LogP contribution >= 0.6 is 0 Å². The number of hydrogen-bond donors (Lipinski definition) is 0. The molecule has 9 heteroatoms. The third-order valence-corrected chi connectivity index (χ3v) is 4.33. The quantitative estimate of drug-likeness (QED) is 0.515. The van der Waals surface area contributed by atoms with Gasteiger partial charge in [0.15, 0.2) is 18.1 Å². The lowest BCUT2D eigenvalue weighted by Gasteiger charge is -2.13. The first-order valence-corrected chi connectivity index (χ1v) is 8.98. The van der Waals surface area contributed by atoms with Crippen LogP contribution in [-0.2, 0) is 22.6 Å². The lowest BCUT2D eigenvalue weighted by molar-refractivity contribution is -0.144. The van der Waals surface area contributed by atoms with Crippen molar-refractivity contribution < 1.29 is 32.7 Å². The van der Waals surface area contributed by atoms with Gasteiger partial charge in [-0.25, -0.2) is 4.39 Å². The van der Waals surface area contributed by atoms with Gasteiger partial charge in [-0.3, -0.25) is 4.79 Å². The van der Waals surface area contributed by atoms with Crippen molar-refractivity contribution in [3.8, 4) is 28.6 Å². The van der Waals surface area contributed by atoms with Crippen molar-refractivity contribution in [3.63, 3.8) is 0 Å². The number of carbonyl (C=O) groups is 1. The number of benzene rings is 2. The first kappa shape index (κ1) is 21.1. The lowest BCUT2D eigenvalue weighted by Crippen LogP contribution is -2.09. The molecule has 2 aromatic carbocycles. The number of hydrogen-bond acceptors (Lipinski definition) is 8. The summed E-state index contributed by atoms with van der Waals surface area (Å²) in [5.41, 5.74) is 1.61. The number of carbonyl (C=O) groups excluding carboxylic acids is 1. The van der Waals surface area contributed by atoms with Gasteiger partial charge in [0.2, 0.25) is 11.6 Å². The van der Waals surface area contributed by atoms with Crippen molar-refractivity contribution in [3.05, 3.63) is 53.2 Å². The van der Waals surface area contributed by atoms with E-state index in [9.17, 15) is 9.18 Å². The summed E-state index contributed by atoms with van der Waals surface area (Å²) in [6, 6.07) is 7.96. The normalized spacial score (nSPS) is 10.6. The van der Waals surface area contributed by atoms with Gasteiger partial charge in [-0.1, -0.05) is 17.3 Å². The van der Waals surface area contributed by atoms with E-state index in [0.29, 0.717) is 33.9 Å². The molecule has 0 aliphatic rings. The van der Waals surface area contributed by atoms with Crippen LogP contribution < -0.4 is 14.2 Å². The summed E-state index contributed by atoms with van der Waals surface area (Å²) in [6.45, 7) is 1.46. The van der Waals surface area contributed by atoms with Gasteiger partial charge < -0.3 is 23.5 Å². The van der Waals surface area contributed by atoms with Crippen LogP contribution in [0.4, 0.5) is 4.39 Å². The number of halogens is 1. The minimum Gasteiger partial charge on any atom is -0.493 e. The van der Waals surface area contributed by atoms with Gasteiger partial charge in [-0.2, -0.15) is 4.98 Å². The van der Waals surface area contributed by atoms with Gasteiger partial charge in [0.1, 0.15) is 5.82 Å². The highest BCUT2D eigenvalue weighted by molar-refractivity contribution is 5.73. The summed E-state index contributed by atoms with van der Waals surface area (Å²) in [4.78, 5) is 16.4. The molecule has 3 rings (SSSR count). The highest BCUT2D eigenvalue weighted by atomic mass is 19.1. The molecule has 0 aliphatic heterocycles. The molecule has 0 fully saturated rings. The van der Waals surface area contributed by atoms with E-state index in [4.69, 9.17) is 23.5 Å². The summed E-state index contributed by atoms with van der Waals surface area (Å²) < 4.78 is 39.8. The Bertz CT molecular complexity index is 1020. The topological polar surface area (TPSA) is 92.9 Å². The molecule has 0 atom stereocenters. The average molecular weight is 416 g/mol. The molecule has 0 saturated heterocycles. The van der Waals surface area contributed by atoms with Crippen LogP contribution in [-0.4, -0.2) is 37.4 Å². The molecule has 0 N–H and O–H groups in total. The van der Waals surface area contributed by atoms with Gasteiger partial charge in [0.05, 0.1) is 27.8 Å². The van der Waals surface area contributed by atoms with Crippen LogP contribution in [0.25, 0.3) is 11.4 Å². The first-order valence-electron chi connectivity index (χ1n) is 8.98. The number of methoxy groups -OCH3 is 3. The zero-order valence-electron chi connectivity index (χ0n) is 17.0. The number of nitrogens with zero attached hydrogens (tertiary/aromatic N) is 2. The van der Waals surface area contributed by atoms with Crippen LogP contribution in [0.15, 0.2) is 34.9 Å². The molecule has 0 saturated carbocycles. The smallest absolute Gasteiger partial charge is 0.310 e. The van der Waals surface area contributed by atoms with E-state index in [1.54, 1.807) is 31.2 Å². The summed E-state index contributed by atoms with van der Waals surface area (Å²) in [5, 5.41) is 3.79. The molecule has 3 aromatic rings. The number of aromatic nitrogens is 2. The lowest BCUT2D eigenvalue weighted by atomic mass is 10.1. The second-order valence-electron chi connectivity index (χ2n) is 6.35. The van der Waals surface area contributed by atoms with Crippen LogP contribution in [0.3, 0.4) is 0 Å². The molecule has 0 amide bonds. The molecular formula is C21H21FN2O6. The van der Waals surface area contributed by atoms with Crippen LogP contribution in [0, 0.1) is 12.7 Å². The van der Waals surface area contributed by atoms with Crippen LogP contribution in [0.1, 0.15) is 17.0 Å². The van der Waals surface area contributed by atoms with Gasteiger partial charge in [-0.15, -0.1) is 0 Å². The predicted octanol–water partition coefficient (Wildman–Crippen LogP) is 3.50. The molecule has 30 heavy (non-hydrogen) atoms. The first-order chi connectivity index (χ1) is 14.4. The number of aryl methyl sites for hydroxylation is 1. The maximum atomic E-state index is 13.7. The van der Waals surface area contributed by atoms with Gasteiger partial charge in [0, 0.05) is 5.56 Å². The van der Waals surface area contributed by atoms with Crippen molar-refractivity contribution >= 4 is 5.97 Å². The zero-order chi connectivity index (χ0) is 21.7. The Morgan fingerprint density at radius 1 is 1.07 bits per heavy atom. The summed E-state index contributed by atoms with van der Waals surface area (Å²) in [5.74, 6) is 0.746. The molecule has 0 unspecified atom stereocenters. The highest BCUT2D eigenvalue weighted by Crippen LogP contribution is 2.38. The SMILES string of the molecule is COc1cc(CC(=O)OCc2nc(-c3ccc(C)c(F)c3)no2)cc(OC)c1OC. The van der Waals surface area contributed by atoms with E-state index < -0.39 is 5.97 Å². The molecule has 8 nitrogen and oxygen atoms in total. The summed E-state index contributed by atoms with van der Waals surface area (Å²) in [6.07, 6.45) is -0.0269. The minimum atomic E-state index is -0.509. The van der Waals surface area contributed by atoms with Crippen molar-refractivity contribution in [1.82, 2.24) is 10.1 Å². The molecule has 0 radical (unpaired) electrons. The van der Waals surface area contributed by atoms with E-state index in [1.807, 2.05) is 0 Å². The van der Waals surface area contributed by atoms with Gasteiger partial charge in [-0.05, 0) is 36.2 Å². The second-order valence-corrected chi connectivity index (χ2v) is 6.35. The van der Waals surface area contributed by atoms with Crippen molar-refractivity contribution in [2.45, 2.75) is 20.0 Å². The number of esters is 1. The molecule has 158 valence electrons. The Kier molecular flexibility index (Phi) is 6.51. The molecule has 1 heterocycles. The van der Waals surface area contributed by atoms with E-state index in [2.05, 4.69) is 10.1 Å². The fraction of sp³-hybridized carbons (Fsp3) is 0.286. The fourth-order valence-corrected chi connectivity index (χ4v) is 2.76. The number of rotatable bonds is 8. The zero-order valence-corrected chi connectivity index (χ0v) is 17.0. The van der Waals surface area contributed by atoms with Crippen LogP contribution in [0.2, 0.25) is 0 Å². The predicted molar refractivity (Wildman–Crippen MR) is 104 cm³/mol. The monoisotopic (exact) mass is 416 g/mol. The van der Waals surface area contributed by atoms with E-state index in [1.165, 1.54) is 27.4 Å². The molecule has 0 bridgehead atoms. The Morgan fingerprint density at radius 3 is 2.37 bits per heavy atom.